The van der Waals surface area contributed by atoms with Gasteiger partial charge in [0.05, 0.1) is 11.3 Å². The van der Waals surface area contributed by atoms with Gasteiger partial charge in [-0.05, 0) is 39.3 Å². The predicted octanol–water partition coefficient (Wildman–Crippen LogP) is 3.10. The monoisotopic (exact) mass is 253 g/mol. The van der Waals surface area contributed by atoms with Gasteiger partial charge in [-0.1, -0.05) is 11.6 Å². The SMILES string of the molecule is Cc1cc(Cl)nc(C#N)c1NCOC(C)(C)C. The van der Waals surface area contributed by atoms with Crippen LogP contribution in [0.2, 0.25) is 5.15 Å². The highest BCUT2D eigenvalue weighted by Gasteiger charge is 2.12. The average Bonchev–Trinajstić information content (AvgIpc) is 2.18. The largest absolute Gasteiger partial charge is 0.360 e. The lowest BCUT2D eigenvalue weighted by Gasteiger charge is -2.21. The number of ether oxygens (including phenoxy) is 1. The number of anilines is 1. The Bertz CT molecular complexity index is 446. The zero-order valence-corrected chi connectivity index (χ0v) is 11.2. The number of pyridine rings is 1. The molecule has 0 saturated heterocycles. The summed E-state index contributed by atoms with van der Waals surface area (Å²) in [5.74, 6) is 0. The third-order valence-corrected chi connectivity index (χ3v) is 2.24. The van der Waals surface area contributed by atoms with Crippen LogP contribution in [0.25, 0.3) is 0 Å². The molecule has 0 amide bonds. The fraction of sp³-hybridized carbons (Fsp3) is 0.500. The minimum atomic E-state index is -0.229. The van der Waals surface area contributed by atoms with E-state index in [2.05, 4.69) is 10.3 Å². The molecule has 1 N–H and O–H groups in total. The first kappa shape index (κ1) is 13.8. The second kappa shape index (κ2) is 5.35. The Balaban J connectivity index is 2.81. The molecule has 0 saturated carbocycles. The van der Waals surface area contributed by atoms with Crippen LogP contribution >= 0.6 is 11.6 Å². The minimum Gasteiger partial charge on any atom is -0.360 e. The number of hydrogen-bond acceptors (Lipinski definition) is 4. The first-order valence-electron chi connectivity index (χ1n) is 5.28. The summed E-state index contributed by atoms with van der Waals surface area (Å²) in [6.07, 6.45) is 0. The van der Waals surface area contributed by atoms with E-state index in [1.807, 2.05) is 33.8 Å². The molecule has 0 aromatic carbocycles. The molecule has 5 heteroatoms. The van der Waals surface area contributed by atoms with Crippen molar-refractivity contribution < 1.29 is 4.74 Å². The van der Waals surface area contributed by atoms with Crippen LogP contribution in [0, 0.1) is 18.3 Å². The number of rotatable bonds is 3. The van der Waals surface area contributed by atoms with Gasteiger partial charge in [0.1, 0.15) is 18.0 Å². The molecule has 0 spiro atoms. The van der Waals surface area contributed by atoms with Gasteiger partial charge in [-0.3, -0.25) is 0 Å². The van der Waals surface area contributed by atoms with Crippen molar-refractivity contribution in [3.8, 4) is 6.07 Å². The Kier molecular flexibility index (Phi) is 4.33. The van der Waals surface area contributed by atoms with Crippen molar-refractivity contribution in [3.63, 3.8) is 0 Å². The maximum atomic E-state index is 8.97. The number of aryl methyl sites for hydroxylation is 1. The number of nitrogens with one attached hydrogen (secondary N) is 1. The second-order valence-electron chi connectivity index (χ2n) is 4.68. The lowest BCUT2D eigenvalue weighted by Crippen LogP contribution is -2.23. The maximum absolute atomic E-state index is 8.97. The van der Waals surface area contributed by atoms with Crippen molar-refractivity contribution in [3.05, 3.63) is 22.5 Å². The molecule has 0 aliphatic rings. The van der Waals surface area contributed by atoms with Crippen LogP contribution in [0.3, 0.4) is 0 Å². The van der Waals surface area contributed by atoms with Crippen LogP contribution < -0.4 is 5.32 Å². The third kappa shape index (κ3) is 4.22. The number of aromatic nitrogens is 1. The Hall–Kier alpha value is -1.31. The molecule has 0 aliphatic carbocycles. The van der Waals surface area contributed by atoms with E-state index in [1.165, 1.54) is 0 Å². The van der Waals surface area contributed by atoms with E-state index in [0.717, 1.165) is 5.56 Å². The van der Waals surface area contributed by atoms with E-state index in [4.69, 9.17) is 21.6 Å². The molecule has 4 nitrogen and oxygen atoms in total. The maximum Gasteiger partial charge on any atom is 0.165 e. The fourth-order valence-electron chi connectivity index (χ4n) is 1.26. The molecule has 17 heavy (non-hydrogen) atoms. The summed E-state index contributed by atoms with van der Waals surface area (Å²) in [4.78, 5) is 3.95. The Morgan fingerprint density at radius 1 is 1.53 bits per heavy atom. The summed E-state index contributed by atoms with van der Waals surface area (Å²) in [5, 5.41) is 12.3. The molecule has 0 atom stereocenters. The Labute approximate surface area is 107 Å². The number of halogens is 1. The quantitative estimate of drug-likeness (QED) is 0.664. The molecule has 0 aliphatic heterocycles. The molecule has 0 fully saturated rings. The van der Waals surface area contributed by atoms with E-state index in [9.17, 15) is 0 Å². The predicted molar refractivity (Wildman–Crippen MR) is 68.0 cm³/mol. The lowest BCUT2D eigenvalue weighted by atomic mass is 10.2. The van der Waals surface area contributed by atoms with Gasteiger partial charge in [0.15, 0.2) is 5.69 Å². The van der Waals surface area contributed by atoms with Crippen LogP contribution in [0.5, 0.6) is 0 Å². The summed E-state index contributed by atoms with van der Waals surface area (Å²) in [7, 11) is 0. The van der Waals surface area contributed by atoms with Crippen LogP contribution in [0.15, 0.2) is 6.07 Å². The third-order valence-electron chi connectivity index (χ3n) is 2.05. The molecule has 92 valence electrons. The first-order valence-corrected chi connectivity index (χ1v) is 5.66. The van der Waals surface area contributed by atoms with Gasteiger partial charge >= 0.3 is 0 Å². The molecule has 1 heterocycles. The van der Waals surface area contributed by atoms with Crippen LogP contribution in [0.4, 0.5) is 5.69 Å². The molecule has 0 bridgehead atoms. The van der Waals surface area contributed by atoms with E-state index in [1.54, 1.807) is 6.07 Å². The normalized spacial score (nSPS) is 11.1. The van der Waals surface area contributed by atoms with Gasteiger partial charge in [0.25, 0.3) is 0 Å². The average molecular weight is 254 g/mol. The smallest absolute Gasteiger partial charge is 0.165 e. The summed E-state index contributed by atoms with van der Waals surface area (Å²) in [6, 6.07) is 3.72. The molecular weight excluding hydrogens is 238 g/mol. The van der Waals surface area contributed by atoms with Gasteiger partial charge < -0.3 is 10.1 Å². The number of nitrogens with zero attached hydrogens (tertiary/aromatic N) is 2. The first-order chi connectivity index (χ1) is 7.83. The van der Waals surface area contributed by atoms with Crippen molar-refractivity contribution in [1.82, 2.24) is 4.98 Å². The second-order valence-corrected chi connectivity index (χ2v) is 5.06. The van der Waals surface area contributed by atoms with E-state index < -0.39 is 0 Å². The van der Waals surface area contributed by atoms with Crippen LogP contribution in [-0.4, -0.2) is 17.3 Å². The summed E-state index contributed by atoms with van der Waals surface area (Å²) in [6.45, 7) is 8.09. The molecule has 1 rings (SSSR count). The van der Waals surface area contributed by atoms with Gasteiger partial charge in [0, 0.05) is 0 Å². The fourth-order valence-corrected chi connectivity index (χ4v) is 1.51. The molecule has 0 radical (unpaired) electrons. The van der Waals surface area contributed by atoms with Crippen molar-refractivity contribution in [2.75, 3.05) is 12.0 Å². The lowest BCUT2D eigenvalue weighted by molar-refractivity contribution is 0.00842. The molecule has 1 aromatic heterocycles. The Morgan fingerprint density at radius 2 is 2.18 bits per heavy atom. The van der Waals surface area contributed by atoms with Crippen molar-refractivity contribution in [2.24, 2.45) is 0 Å². The topological polar surface area (TPSA) is 57.9 Å². The zero-order valence-electron chi connectivity index (χ0n) is 10.5. The van der Waals surface area contributed by atoms with E-state index in [-0.39, 0.29) is 11.3 Å². The summed E-state index contributed by atoms with van der Waals surface area (Å²) < 4.78 is 5.54. The highest BCUT2D eigenvalue weighted by atomic mass is 35.5. The molecule has 0 unspecified atom stereocenters. The van der Waals surface area contributed by atoms with Gasteiger partial charge in [-0.15, -0.1) is 0 Å². The van der Waals surface area contributed by atoms with Crippen molar-refractivity contribution in [2.45, 2.75) is 33.3 Å². The molecule has 1 aromatic rings. The zero-order chi connectivity index (χ0) is 13.1. The van der Waals surface area contributed by atoms with Gasteiger partial charge in [0.2, 0.25) is 0 Å². The number of nitriles is 1. The van der Waals surface area contributed by atoms with E-state index in [0.29, 0.717) is 17.6 Å². The van der Waals surface area contributed by atoms with Crippen molar-refractivity contribution in [1.29, 1.82) is 5.26 Å². The Morgan fingerprint density at radius 3 is 2.71 bits per heavy atom. The van der Waals surface area contributed by atoms with Crippen LogP contribution in [-0.2, 0) is 4.74 Å². The van der Waals surface area contributed by atoms with Gasteiger partial charge in [-0.2, -0.15) is 5.26 Å². The van der Waals surface area contributed by atoms with Gasteiger partial charge in [-0.25, -0.2) is 4.98 Å². The van der Waals surface area contributed by atoms with Crippen LogP contribution in [0.1, 0.15) is 32.0 Å². The standard InChI is InChI=1S/C12H16ClN3O/c1-8-5-10(13)16-9(6-14)11(8)15-7-17-12(2,3)4/h5,15H,7H2,1-4H3. The van der Waals surface area contributed by atoms with E-state index >= 15 is 0 Å². The minimum absolute atomic E-state index is 0.229. The van der Waals surface area contributed by atoms with Crippen molar-refractivity contribution >= 4 is 17.3 Å². The summed E-state index contributed by atoms with van der Waals surface area (Å²) in [5.41, 5.74) is 1.60. The highest BCUT2D eigenvalue weighted by molar-refractivity contribution is 6.29. The summed E-state index contributed by atoms with van der Waals surface area (Å²) >= 11 is 5.79. The molecular formula is C12H16ClN3O. The highest BCUT2D eigenvalue weighted by Crippen LogP contribution is 2.22. The number of hydrogen-bond donors (Lipinski definition) is 1.